The largest absolute Gasteiger partial charge is 0.506 e. The number of aromatic hydroxyl groups is 1. The lowest BCUT2D eigenvalue weighted by Crippen LogP contribution is -2.23. The third-order valence-corrected chi connectivity index (χ3v) is 3.06. The highest BCUT2D eigenvalue weighted by molar-refractivity contribution is 5.45. The van der Waals surface area contributed by atoms with Gasteiger partial charge in [-0.05, 0) is 25.5 Å². The molecule has 0 aliphatic rings. The zero-order valence-corrected chi connectivity index (χ0v) is 10.8. The second-order valence-electron chi connectivity index (χ2n) is 4.42. The van der Waals surface area contributed by atoms with Crippen molar-refractivity contribution >= 4 is 0 Å². The topological polar surface area (TPSA) is 47.2 Å². The van der Waals surface area contributed by atoms with Gasteiger partial charge in [-0.25, -0.2) is 4.79 Å². The Balaban J connectivity index is 2.48. The summed E-state index contributed by atoms with van der Waals surface area (Å²) in [6, 6.07) is 6.87. The Morgan fingerprint density at radius 3 is 2.67 bits per heavy atom. The van der Waals surface area contributed by atoms with Gasteiger partial charge in [0.25, 0.3) is 0 Å². The maximum atomic E-state index is 12.3. The molecule has 1 aromatic carbocycles. The quantitative estimate of drug-likeness (QED) is 0.900. The van der Waals surface area contributed by atoms with Crippen molar-refractivity contribution in [1.29, 1.82) is 0 Å². The predicted octanol–water partition coefficient (Wildman–Crippen LogP) is 2.45. The fourth-order valence-corrected chi connectivity index (χ4v) is 2.02. The Kier molecular flexibility index (Phi) is 3.55. The molecule has 0 bridgehead atoms. The highest BCUT2D eigenvalue weighted by atomic mass is 16.3. The molecule has 0 unspecified atom stereocenters. The lowest BCUT2D eigenvalue weighted by Gasteiger charge is -2.04. The van der Waals surface area contributed by atoms with Gasteiger partial charge in [-0.15, -0.1) is 0 Å². The zero-order valence-electron chi connectivity index (χ0n) is 10.8. The fraction of sp³-hybridized carbons (Fsp3) is 0.357. The van der Waals surface area contributed by atoms with E-state index in [0.717, 1.165) is 25.1 Å². The van der Waals surface area contributed by atoms with E-state index < -0.39 is 0 Å². The molecule has 0 atom stereocenters. The van der Waals surface area contributed by atoms with E-state index in [9.17, 15) is 9.90 Å². The molecule has 1 heterocycles. The number of benzene rings is 1. The first-order valence-corrected chi connectivity index (χ1v) is 6.22. The van der Waals surface area contributed by atoms with Crippen LogP contribution < -0.4 is 5.69 Å². The van der Waals surface area contributed by atoms with Crippen LogP contribution in [0, 0.1) is 6.92 Å². The number of nitrogens with zero attached hydrogens (tertiary/aromatic N) is 2. The van der Waals surface area contributed by atoms with Gasteiger partial charge in [0.15, 0.2) is 0 Å². The summed E-state index contributed by atoms with van der Waals surface area (Å²) >= 11 is 0. The van der Waals surface area contributed by atoms with Crippen molar-refractivity contribution < 1.29 is 5.11 Å². The summed E-state index contributed by atoms with van der Waals surface area (Å²) in [5.41, 5.74) is 1.35. The minimum absolute atomic E-state index is 0.0950. The van der Waals surface area contributed by atoms with Gasteiger partial charge in [0.05, 0.1) is 5.69 Å². The Bertz CT molecular complexity index is 596. The Morgan fingerprint density at radius 2 is 2.00 bits per heavy atom. The summed E-state index contributed by atoms with van der Waals surface area (Å²) in [5.74, 6) is 0.118. The van der Waals surface area contributed by atoms with Gasteiger partial charge < -0.3 is 5.11 Å². The molecule has 0 spiro atoms. The SMILES string of the molecule is CCCCn1c(C)cn(-c2ccccc2O)c1=O. The van der Waals surface area contributed by atoms with Crippen molar-refractivity contribution in [3.05, 3.63) is 46.6 Å². The van der Waals surface area contributed by atoms with E-state index in [-0.39, 0.29) is 11.4 Å². The van der Waals surface area contributed by atoms with Gasteiger partial charge in [0.1, 0.15) is 5.75 Å². The zero-order chi connectivity index (χ0) is 13.1. The predicted molar refractivity (Wildman–Crippen MR) is 71.3 cm³/mol. The standard InChI is InChI=1S/C14H18N2O2/c1-3-4-9-15-11(2)10-16(14(15)18)12-7-5-6-8-13(12)17/h5-8,10,17H,3-4,9H2,1-2H3. The van der Waals surface area contributed by atoms with Gasteiger partial charge >= 0.3 is 5.69 Å². The summed E-state index contributed by atoms with van der Waals surface area (Å²) in [6.45, 7) is 4.73. The van der Waals surface area contributed by atoms with Gasteiger partial charge in [0.2, 0.25) is 0 Å². The van der Waals surface area contributed by atoms with Gasteiger partial charge in [0, 0.05) is 18.4 Å². The molecule has 0 saturated heterocycles. The number of aryl methyl sites for hydroxylation is 1. The average Bonchev–Trinajstić information content (AvgIpc) is 2.63. The number of unbranched alkanes of at least 4 members (excludes halogenated alkanes) is 1. The molecule has 4 nitrogen and oxygen atoms in total. The Hall–Kier alpha value is -1.97. The van der Waals surface area contributed by atoms with E-state index in [1.165, 1.54) is 4.57 Å². The van der Waals surface area contributed by atoms with Crippen LogP contribution in [-0.4, -0.2) is 14.2 Å². The lowest BCUT2D eigenvalue weighted by atomic mass is 10.3. The number of hydrogen-bond acceptors (Lipinski definition) is 2. The molecular formula is C14H18N2O2. The number of para-hydroxylation sites is 2. The third kappa shape index (κ3) is 2.18. The maximum absolute atomic E-state index is 12.3. The number of imidazole rings is 1. The van der Waals surface area contributed by atoms with Crippen LogP contribution in [0.5, 0.6) is 5.75 Å². The van der Waals surface area contributed by atoms with Crippen LogP contribution in [0.1, 0.15) is 25.5 Å². The fourth-order valence-electron chi connectivity index (χ4n) is 2.02. The molecule has 96 valence electrons. The minimum atomic E-state index is -0.0950. The molecule has 18 heavy (non-hydrogen) atoms. The number of rotatable bonds is 4. The molecule has 1 aromatic heterocycles. The number of phenols is 1. The van der Waals surface area contributed by atoms with Gasteiger partial charge in [-0.1, -0.05) is 25.5 Å². The molecule has 2 aromatic rings. The number of phenolic OH excluding ortho intramolecular Hbond substituents is 1. The molecule has 0 aliphatic carbocycles. The van der Waals surface area contributed by atoms with Crippen molar-refractivity contribution in [1.82, 2.24) is 9.13 Å². The maximum Gasteiger partial charge on any atom is 0.333 e. The minimum Gasteiger partial charge on any atom is -0.506 e. The van der Waals surface area contributed by atoms with Crippen LogP contribution in [0.3, 0.4) is 0 Å². The summed E-state index contributed by atoms with van der Waals surface area (Å²) in [6.07, 6.45) is 3.80. The normalized spacial score (nSPS) is 10.8. The summed E-state index contributed by atoms with van der Waals surface area (Å²) in [4.78, 5) is 12.3. The van der Waals surface area contributed by atoms with Crippen LogP contribution in [0.25, 0.3) is 5.69 Å². The molecule has 0 aliphatic heterocycles. The first kappa shape index (κ1) is 12.5. The monoisotopic (exact) mass is 246 g/mol. The summed E-state index contributed by atoms with van der Waals surface area (Å²) in [5, 5.41) is 9.80. The average molecular weight is 246 g/mol. The van der Waals surface area contributed by atoms with Crippen LogP contribution in [0.4, 0.5) is 0 Å². The number of hydrogen-bond donors (Lipinski definition) is 1. The van der Waals surface area contributed by atoms with E-state index in [4.69, 9.17) is 0 Å². The van der Waals surface area contributed by atoms with Gasteiger partial charge in [-0.2, -0.15) is 0 Å². The third-order valence-electron chi connectivity index (χ3n) is 3.06. The first-order chi connectivity index (χ1) is 8.65. The summed E-state index contributed by atoms with van der Waals surface area (Å²) < 4.78 is 3.25. The van der Waals surface area contributed by atoms with Crippen LogP contribution in [0.15, 0.2) is 35.3 Å². The molecule has 0 radical (unpaired) electrons. The Labute approximate surface area is 106 Å². The van der Waals surface area contributed by atoms with Gasteiger partial charge in [-0.3, -0.25) is 9.13 Å². The second kappa shape index (κ2) is 5.12. The van der Waals surface area contributed by atoms with E-state index in [2.05, 4.69) is 6.92 Å². The van der Waals surface area contributed by atoms with Crippen molar-refractivity contribution in [3.63, 3.8) is 0 Å². The molecule has 2 rings (SSSR count). The van der Waals surface area contributed by atoms with Crippen LogP contribution in [-0.2, 0) is 6.54 Å². The van der Waals surface area contributed by atoms with Crippen molar-refractivity contribution in [2.24, 2.45) is 0 Å². The summed E-state index contributed by atoms with van der Waals surface area (Å²) in [7, 11) is 0. The molecule has 0 amide bonds. The van der Waals surface area contributed by atoms with E-state index in [1.807, 2.05) is 6.92 Å². The van der Waals surface area contributed by atoms with E-state index in [0.29, 0.717) is 5.69 Å². The van der Waals surface area contributed by atoms with Crippen LogP contribution >= 0.6 is 0 Å². The smallest absolute Gasteiger partial charge is 0.333 e. The first-order valence-electron chi connectivity index (χ1n) is 6.22. The molecule has 0 fully saturated rings. The number of aromatic nitrogens is 2. The van der Waals surface area contributed by atoms with Crippen molar-refractivity contribution in [2.75, 3.05) is 0 Å². The van der Waals surface area contributed by atoms with Crippen LogP contribution in [0.2, 0.25) is 0 Å². The van der Waals surface area contributed by atoms with E-state index >= 15 is 0 Å². The highest BCUT2D eigenvalue weighted by Gasteiger charge is 2.11. The molecular weight excluding hydrogens is 228 g/mol. The highest BCUT2D eigenvalue weighted by Crippen LogP contribution is 2.19. The van der Waals surface area contributed by atoms with Crippen molar-refractivity contribution in [2.45, 2.75) is 33.2 Å². The molecule has 4 heteroatoms. The molecule has 1 N–H and O–H groups in total. The second-order valence-corrected chi connectivity index (χ2v) is 4.42. The Morgan fingerprint density at radius 1 is 1.28 bits per heavy atom. The van der Waals surface area contributed by atoms with Crippen molar-refractivity contribution in [3.8, 4) is 11.4 Å². The van der Waals surface area contributed by atoms with E-state index in [1.54, 1.807) is 35.0 Å². The lowest BCUT2D eigenvalue weighted by molar-refractivity contribution is 0.471. The molecule has 0 saturated carbocycles.